The van der Waals surface area contributed by atoms with E-state index in [0.29, 0.717) is 35.3 Å². The molecule has 0 aliphatic heterocycles. The molecule has 33 heavy (non-hydrogen) atoms. The molecule has 0 saturated carbocycles. The number of anilines is 1. The van der Waals surface area contributed by atoms with Crippen LogP contribution in [0.4, 0.5) is 5.69 Å². The second kappa shape index (κ2) is 11.0. The Morgan fingerprint density at radius 1 is 1.00 bits per heavy atom. The lowest BCUT2D eigenvalue weighted by Crippen LogP contribution is -2.36. The number of nitrogens with zero attached hydrogens (tertiary/aromatic N) is 2. The zero-order valence-corrected chi connectivity index (χ0v) is 19.4. The van der Waals surface area contributed by atoms with Gasteiger partial charge in [0.25, 0.3) is 5.91 Å². The highest BCUT2D eigenvalue weighted by molar-refractivity contribution is 6.10. The number of amides is 1. The lowest BCUT2D eigenvalue weighted by atomic mass is 10.1. The molecule has 1 amide bonds. The van der Waals surface area contributed by atoms with E-state index in [9.17, 15) is 4.79 Å². The molecule has 0 fully saturated rings. The monoisotopic (exact) mass is 448 g/mol. The van der Waals surface area contributed by atoms with Crippen LogP contribution in [0.1, 0.15) is 27.0 Å². The highest BCUT2D eigenvalue weighted by Gasteiger charge is 2.18. The number of pyridine rings is 1. The largest absolute Gasteiger partial charge is 0.493 e. The molecule has 0 aliphatic carbocycles. The van der Waals surface area contributed by atoms with E-state index in [1.54, 1.807) is 24.5 Å². The topological polar surface area (TPSA) is 94.1 Å². The highest BCUT2D eigenvalue weighted by Crippen LogP contribution is 2.38. The van der Waals surface area contributed by atoms with Crippen LogP contribution in [0.25, 0.3) is 0 Å². The van der Waals surface area contributed by atoms with Gasteiger partial charge in [-0.1, -0.05) is 18.2 Å². The smallest absolute Gasteiger partial charge is 0.258 e. The van der Waals surface area contributed by atoms with Gasteiger partial charge in [-0.15, -0.1) is 0 Å². The van der Waals surface area contributed by atoms with Gasteiger partial charge in [-0.2, -0.15) is 0 Å². The number of hydrogen-bond donors (Lipinski definition) is 2. The fourth-order valence-electron chi connectivity index (χ4n) is 3.18. The van der Waals surface area contributed by atoms with Crippen molar-refractivity contribution in [3.8, 4) is 17.2 Å². The number of carbonyl (C=O) groups excluding carboxylic acids is 1. The van der Waals surface area contributed by atoms with E-state index in [2.05, 4.69) is 20.6 Å². The predicted octanol–water partition coefficient (Wildman–Crippen LogP) is 4.12. The molecule has 3 aromatic rings. The minimum absolute atomic E-state index is 0.311. The summed E-state index contributed by atoms with van der Waals surface area (Å²) >= 11 is 0. The number of hydrogen-bond acceptors (Lipinski definition) is 6. The van der Waals surface area contributed by atoms with Crippen LogP contribution in [-0.4, -0.2) is 38.2 Å². The number of aromatic nitrogens is 1. The van der Waals surface area contributed by atoms with Crippen LogP contribution in [0.3, 0.4) is 0 Å². The Balaban J connectivity index is 1.92. The summed E-state index contributed by atoms with van der Waals surface area (Å²) in [5.74, 6) is 1.12. The van der Waals surface area contributed by atoms with Crippen LogP contribution in [0, 0.1) is 13.8 Å². The maximum absolute atomic E-state index is 13.1. The van der Waals surface area contributed by atoms with Crippen molar-refractivity contribution in [2.24, 2.45) is 4.99 Å². The molecule has 8 nitrogen and oxygen atoms in total. The second-order valence-electron chi connectivity index (χ2n) is 7.27. The molecular weight excluding hydrogens is 420 g/mol. The van der Waals surface area contributed by atoms with Crippen molar-refractivity contribution < 1.29 is 19.0 Å². The lowest BCUT2D eigenvalue weighted by Gasteiger charge is -2.16. The van der Waals surface area contributed by atoms with Gasteiger partial charge >= 0.3 is 0 Å². The summed E-state index contributed by atoms with van der Waals surface area (Å²) in [7, 11) is 4.51. The second-order valence-corrected chi connectivity index (χ2v) is 7.27. The number of guanidine groups is 1. The van der Waals surface area contributed by atoms with Crippen molar-refractivity contribution in [3.63, 3.8) is 0 Å². The molecule has 8 heteroatoms. The number of ether oxygens (including phenoxy) is 3. The Bertz CT molecular complexity index is 1120. The first-order valence-electron chi connectivity index (χ1n) is 10.3. The molecular formula is C25H28N4O4. The number of aryl methyl sites for hydroxylation is 1. The lowest BCUT2D eigenvalue weighted by molar-refractivity contribution is 0.0976. The molecule has 1 aromatic heterocycles. The minimum atomic E-state index is -0.378. The van der Waals surface area contributed by atoms with Crippen molar-refractivity contribution in [2.75, 3.05) is 26.6 Å². The van der Waals surface area contributed by atoms with Crippen LogP contribution in [-0.2, 0) is 6.54 Å². The molecule has 1 heterocycles. The zero-order chi connectivity index (χ0) is 23.8. The molecule has 2 aromatic carbocycles. The first-order valence-corrected chi connectivity index (χ1v) is 10.3. The van der Waals surface area contributed by atoms with Crippen LogP contribution in [0.5, 0.6) is 17.2 Å². The average molecular weight is 449 g/mol. The van der Waals surface area contributed by atoms with Gasteiger partial charge in [0.05, 0.1) is 27.9 Å². The quantitative estimate of drug-likeness (QED) is 0.417. The molecule has 172 valence electrons. The SMILES string of the molecule is COc1cc(C(=O)NC(=NCc2cccnc2)Nc2cccc(C)c2C)cc(OC)c1OC. The number of benzene rings is 2. The van der Waals surface area contributed by atoms with Gasteiger partial charge in [0.2, 0.25) is 11.7 Å². The number of carbonyl (C=O) groups is 1. The third kappa shape index (κ3) is 5.79. The van der Waals surface area contributed by atoms with E-state index < -0.39 is 0 Å². The van der Waals surface area contributed by atoms with E-state index >= 15 is 0 Å². The van der Waals surface area contributed by atoms with Crippen molar-refractivity contribution >= 4 is 17.6 Å². The zero-order valence-electron chi connectivity index (χ0n) is 19.4. The molecule has 3 rings (SSSR count). The van der Waals surface area contributed by atoms with Crippen LogP contribution in [0.15, 0.2) is 59.9 Å². The molecule has 0 bridgehead atoms. The molecule has 0 unspecified atom stereocenters. The van der Waals surface area contributed by atoms with E-state index in [1.165, 1.54) is 21.3 Å². The van der Waals surface area contributed by atoms with Gasteiger partial charge in [0.1, 0.15) is 0 Å². The molecule has 0 atom stereocenters. The van der Waals surface area contributed by atoms with Crippen molar-refractivity contribution in [1.82, 2.24) is 10.3 Å². The van der Waals surface area contributed by atoms with Gasteiger partial charge in [-0.25, -0.2) is 4.99 Å². The third-order valence-electron chi connectivity index (χ3n) is 5.16. The Kier molecular flexibility index (Phi) is 7.86. The molecule has 0 aliphatic rings. The number of aliphatic imine (C=N–C) groups is 1. The number of nitrogens with one attached hydrogen (secondary N) is 2. The molecule has 0 radical (unpaired) electrons. The van der Waals surface area contributed by atoms with E-state index in [0.717, 1.165) is 22.4 Å². The fraction of sp³-hybridized carbons (Fsp3) is 0.240. The van der Waals surface area contributed by atoms with Crippen molar-refractivity contribution in [2.45, 2.75) is 20.4 Å². The first-order chi connectivity index (χ1) is 16.0. The Labute approximate surface area is 193 Å². The summed E-state index contributed by atoms with van der Waals surface area (Å²) in [5, 5.41) is 6.12. The summed E-state index contributed by atoms with van der Waals surface area (Å²) in [4.78, 5) is 21.9. The van der Waals surface area contributed by atoms with Crippen molar-refractivity contribution in [3.05, 3.63) is 77.1 Å². The minimum Gasteiger partial charge on any atom is -0.493 e. The van der Waals surface area contributed by atoms with Crippen LogP contribution < -0.4 is 24.8 Å². The molecule has 2 N–H and O–H groups in total. The van der Waals surface area contributed by atoms with Crippen LogP contribution in [0.2, 0.25) is 0 Å². The first kappa shape index (κ1) is 23.6. The third-order valence-corrected chi connectivity index (χ3v) is 5.16. The van der Waals surface area contributed by atoms with E-state index in [1.807, 2.05) is 44.2 Å². The van der Waals surface area contributed by atoms with Gasteiger partial charge in [-0.05, 0) is 54.8 Å². The van der Waals surface area contributed by atoms with E-state index in [4.69, 9.17) is 14.2 Å². The summed E-state index contributed by atoms with van der Waals surface area (Å²) in [5.41, 5.74) is 4.29. The summed E-state index contributed by atoms with van der Waals surface area (Å²) in [6.45, 7) is 4.38. The maximum atomic E-state index is 13.1. The van der Waals surface area contributed by atoms with Crippen LogP contribution >= 0.6 is 0 Å². The van der Waals surface area contributed by atoms with Gasteiger partial charge < -0.3 is 19.5 Å². The number of rotatable bonds is 7. The van der Waals surface area contributed by atoms with Gasteiger partial charge in [0.15, 0.2) is 11.5 Å². The van der Waals surface area contributed by atoms with Crippen molar-refractivity contribution in [1.29, 1.82) is 0 Å². The average Bonchev–Trinajstić information content (AvgIpc) is 2.84. The number of methoxy groups -OCH3 is 3. The van der Waals surface area contributed by atoms with Gasteiger partial charge in [-0.3, -0.25) is 15.1 Å². The highest BCUT2D eigenvalue weighted by atomic mass is 16.5. The Hall–Kier alpha value is -4.07. The normalized spacial score (nSPS) is 11.0. The van der Waals surface area contributed by atoms with E-state index in [-0.39, 0.29) is 5.91 Å². The Morgan fingerprint density at radius 2 is 1.73 bits per heavy atom. The fourth-order valence-corrected chi connectivity index (χ4v) is 3.18. The standard InChI is InChI=1S/C25H28N4O4/c1-16-8-6-10-20(17(16)2)28-25(27-15-18-9-7-11-26-14-18)29-24(30)19-12-21(31-3)23(33-5)22(13-19)32-4/h6-14H,15H2,1-5H3,(H2,27,28,29,30). The molecule has 0 spiro atoms. The summed E-state index contributed by atoms with van der Waals surface area (Å²) in [6, 6.07) is 12.9. The maximum Gasteiger partial charge on any atom is 0.258 e. The molecule has 0 saturated heterocycles. The summed E-state index contributed by atoms with van der Waals surface area (Å²) in [6.07, 6.45) is 3.44. The predicted molar refractivity (Wildman–Crippen MR) is 128 cm³/mol. The Morgan fingerprint density at radius 3 is 2.33 bits per heavy atom. The summed E-state index contributed by atoms with van der Waals surface area (Å²) < 4.78 is 16.1. The van der Waals surface area contributed by atoms with Gasteiger partial charge in [0, 0.05) is 23.6 Å².